The van der Waals surface area contributed by atoms with Crippen LogP contribution in [0.2, 0.25) is 0 Å². The van der Waals surface area contributed by atoms with E-state index in [4.69, 9.17) is 0 Å². The summed E-state index contributed by atoms with van der Waals surface area (Å²) in [4.78, 5) is 27.9. The third-order valence-corrected chi connectivity index (χ3v) is 4.80. The number of nitrogens with one attached hydrogen (secondary N) is 1. The third-order valence-electron chi connectivity index (χ3n) is 3.10. The van der Waals surface area contributed by atoms with Crippen LogP contribution in [0.25, 0.3) is 12.2 Å². The van der Waals surface area contributed by atoms with Crippen molar-refractivity contribution in [3.05, 3.63) is 49.4 Å². The van der Waals surface area contributed by atoms with Crippen LogP contribution in [0.15, 0.2) is 34.0 Å². The molecular formula is C17H19NO2S2. The van der Waals surface area contributed by atoms with Gasteiger partial charge in [0.1, 0.15) is 0 Å². The zero-order chi connectivity index (χ0) is 16.3. The molecule has 5 heteroatoms. The lowest BCUT2D eigenvalue weighted by Crippen LogP contribution is -2.22. The SMILES string of the molecule is CSc1ccc(/C=c2\s/c(=C\C(=O)C(C)(C)C)[nH]c2=O)cc1. The lowest BCUT2D eigenvalue weighted by molar-refractivity contribution is -0.119. The van der Waals surface area contributed by atoms with Crippen molar-refractivity contribution in [1.82, 2.24) is 4.98 Å². The number of benzene rings is 1. The Hall–Kier alpha value is -1.59. The van der Waals surface area contributed by atoms with E-state index in [-0.39, 0.29) is 11.3 Å². The smallest absolute Gasteiger partial charge is 0.266 e. The van der Waals surface area contributed by atoms with Crippen LogP contribution in [-0.4, -0.2) is 17.0 Å². The fraction of sp³-hybridized carbons (Fsp3) is 0.294. The first-order valence-corrected chi connectivity index (χ1v) is 8.95. The minimum absolute atomic E-state index is 0.000809. The van der Waals surface area contributed by atoms with E-state index >= 15 is 0 Å². The van der Waals surface area contributed by atoms with E-state index < -0.39 is 5.41 Å². The summed E-state index contributed by atoms with van der Waals surface area (Å²) in [5, 5.41) is 0. The van der Waals surface area contributed by atoms with Gasteiger partial charge >= 0.3 is 0 Å². The van der Waals surface area contributed by atoms with Crippen molar-refractivity contribution in [1.29, 1.82) is 0 Å². The van der Waals surface area contributed by atoms with Crippen molar-refractivity contribution in [2.75, 3.05) is 6.26 Å². The van der Waals surface area contributed by atoms with Gasteiger partial charge in [0.2, 0.25) is 0 Å². The predicted molar refractivity (Wildman–Crippen MR) is 94.9 cm³/mol. The Bertz CT molecular complexity index is 837. The molecule has 0 amide bonds. The maximum absolute atomic E-state index is 12.0. The van der Waals surface area contributed by atoms with Gasteiger partial charge in [-0.1, -0.05) is 32.9 Å². The summed E-state index contributed by atoms with van der Waals surface area (Å²) < 4.78 is 1.20. The van der Waals surface area contributed by atoms with Gasteiger partial charge in [-0.25, -0.2) is 0 Å². The molecule has 0 fully saturated rings. The summed E-state index contributed by atoms with van der Waals surface area (Å²) in [7, 11) is 0. The number of ketones is 1. The molecule has 0 aliphatic rings. The summed E-state index contributed by atoms with van der Waals surface area (Å²) in [5.41, 5.74) is 0.365. The Morgan fingerprint density at radius 2 is 1.86 bits per heavy atom. The van der Waals surface area contributed by atoms with Crippen LogP contribution in [0.5, 0.6) is 0 Å². The van der Waals surface area contributed by atoms with Crippen LogP contribution in [0.3, 0.4) is 0 Å². The summed E-state index contributed by atoms with van der Waals surface area (Å²) in [6.07, 6.45) is 5.38. The molecular weight excluding hydrogens is 314 g/mol. The van der Waals surface area contributed by atoms with Crippen LogP contribution in [0.1, 0.15) is 26.3 Å². The summed E-state index contributed by atoms with van der Waals surface area (Å²) in [6, 6.07) is 8.01. The first-order valence-electron chi connectivity index (χ1n) is 6.90. The van der Waals surface area contributed by atoms with E-state index in [0.29, 0.717) is 9.20 Å². The second kappa shape index (κ2) is 6.67. The minimum Gasteiger partial charge on any atom is -0.313 e. The number of Topliss-reactive ketones (excluding diaryl/α,β-unsaturated/α-hetero) is 1. The number of aromatic nitrogens is 1. The van der Waals surface area contributed by atoms with Crippen molar-refractivity contribution in [3.63, 3.8) is 0 Å². The summed E-state index contributed by atoms with van der Waals surface area (Å²) in [5.74, 6) is 0.000809. The van der Waals surface area contributed by atoms with E-state index in [1.54, 1.807) is 11.8 Å². The number of carbonyl (C=O) groups excluding carboxylic acids is 1. The molecule has 22 heavy (non-hydrogen) atoms. The van der Waals surface area contributed by atoms with Gasteiger partial charge in [-0.3, -0.25) is 9.59 Å². The number of thiazole rings is 1. The van der Waals surface area contributed by atoms with Gasteiger partial charge in [-0.2, -0.15) is 0 Å². The molecule has 1 aromatic carbocycles. The molecule has 0 aliphatic heterocycles. The number of aromatic amines is 1. The Labute approximate surface area is 137 Å². The molecule has 2 rings (SSSR count). The van der Waals surface area contributed by atoms with Crippen LogP contribution < -0.4 is 14.8 Å². The Kier molecular flexibility index (Phi) is 5.08. The first kappa shape index (κ1) is 16.8. The maximum atomic E-state index is 12.0. The zero-order valence-corrected chi connectivity index (χ0v) is 14.7. The molecule has 0 atom stereocenters. The van der Waals surface area contributed by atoms with Gasteiger partial charge < -0.3 is 4.98 Å². The predicted octanol–water partition coefficient (Wildman–Crippen LogP) is 2.38. The molecule has 0 unspecified atom stereocenters. The fourth-order valence-electron chi connectivity index (χ4n) is 1.71. The molecule has 1 N–H and O–H groups in total. The van der Waals surface area contributed by atoms with Gasteiger partial charge in [0.15, 0.2) is 5.78 Å². The van der Waals surface area contributed by atoms with Crippen molar-refractivity contribution in [2.45, 2.75) is 25.7 Å². The number of thioether (sulfide) groups is 1. The average Bonchev–Trinajstić information content (AvgIpc) is 2.78. The number of hydrogen-bond donors (Lipinski definition) is 1. The second-order valence-electron chi connectivity index (χ2n) is 5.96. The van der Waals surface area contributed by atoms with E-state index in [1.165, 1.54) is 22.3 Å². The molecule has 0 saturated heterocycles. The highest BCUT2D eigenvalue weighted by Gasteiger charge is 2.18. The second-order valence-corrected chi connectivity index (χ2v) is 7.92. The van der Waals surface area contributed by atoms with E-state index in [0.717, 1.165) is 5.56 Å². The Morgan fingerprint density at radius 3 is 2.41 bits per heavy atom. The molecule has 1 heterocycles. The standard InChI is InChI=1S/C17H19NO2S2/c1-17(2,3)14(19)10-15-18-16(20)13(22-15)9-11-5-7-12(21-4)8-6-11/h5-10H,1-4H3,(H,18,20)/b13-9-,15-10-. The van der Waals surface area contributed by atoms with Gasteiger partial charge in [0, 0.05) is 16.4 Å². The van der Waals surface area contributed by atoms with Gasteiger partial charge in [-0.15, -0.1) is 23.1 Å². The number of rotatable bonds is 3. The summed E-state index contributed by atoms with van der Waals surface area (Å²) >= 11 is 2.98. The van der Waals surface area contributed by atoms with Crippen molar-refractivity contribution in [2.24, 2.45) is 5.41 Å². The highest BCUT2D eigenvalue weighted by molar-refractivity contribution is 7.98. The number of hydrogen-bond acceptors (Lipinski definition) is 4. The van der Waals surface area contributed by atoms with Crippen molar-refractivity contribution in [3.8, 4) is 0 Å². The normalized spacial score (nSPS) is 13.6. The topological polar surface area (TPSA) is 49.9 Å². The highest BCUT2D eigenvalue weighted by atomic mass is 32.2. The molecule has 0 spiro atoms. The quantitative estimate of drug-likeness (QED) is 0.878. The molecule has 3 nitrogen and oxygen atoms in total. The monoisotopic (exact) mass is 333 g/mol. The van der Waals surface area contributed by atoms with Crippen LogP contribution in [-0.2, 0) is 4.79 Å². The van der Waals surface area contributed by atoms with E-state index in [2.05, 4.69) is 4.98 Å². The van der Waals surface area contributed by atoms with Gasteiger partial charge in [0.25, 0.3) is 5.56 Å². The van der Waals surface area contributed by atoms with Crippen LogP contribution in [0, 0.1) is 5.41 Å². The Morgan fingerprint density at radius 1 is 1.23 bits per heavy atom. The maximum Gasteiger partial charge on any atom is 0.266 e. The van der Waals surface area contributed by atoms with Crippen molar-refractivity contribution < 1.29 is 4.79 Å². The average molecular weight is 333 g/mol. The van der Waals surface area contributed by atoms with Crippen LogP contribution in [0.4, 0.5) is 0 Å². The lowest BCUT2D eigenvalue weighted by atomic mass is 9.91. The molecule has 0 saturated carbocycles. The third kappa shape index (κ3) is 4.21. The van der Waals surface area contributed by atoms with Crippen molar-refractivity contribution >= 4 is 41.0 Å². The number of H-pyrrole nitrogens is 1. The molecule has 0 bridgehead atoms. The lowest BCUT2D eigenvalue weighted by Gasteiger charge is -2.12. The molecule has 116 valence electrons. The summed E-state index contributed by atoms with van der Waals surface area (Å²) in [6.45, 7) is 5.58. The minimum atomic E-state index is -0.446. The van der Waals surface area contributed by atoms with Crippen LogP contribution >= 0.6 is 23.1 Å². The molecule has 1 aromatic heterocycles. The zero-order valence-electron chi connectivity index (χ0n) is 13.1. The van der Waals surface area contributed by atoms with E-state index in [9.17, 15) is 9.59 Å². The fourth-order valence-corrected chi connectivity index (χ4v) is 3.01. The highest BCUT2D eigenvalue weighted by Crippen LogP contribution is 2.15. The molecule has 2 aromatic rings. The Balaban J connectivity index is 2.41. The number of carbonyl (C=O) groups is 1. The van der Waals surface area contributed by atoms with Gasteiger partial charge in [-0.05, 0) is 30.0 Å². The largest absolute Gasteiger partial charge is 0.313 e. The van der Waals surface area contributed by atoms with E-state index in [1.807, 2.05) is 57.4 Å². The molecule has 0 radical (unpaired) electrons. The first-order chi connectivity index (χ1) is 10.3. The molecule has 0 aliphatic carbocycles. The van der Waals surface area contributed by atoms with Gasteiger partial charge in [0.05, 0.1) is 9.20 Å².